The minimum absolute atomic E-state index is 0.146. The number of hydrogen-bond acceptors (Lipinski definition) is 5. The normalized spacial score (nSPS) is 10.5. The number of carbonyl (C=O) groups is 2. The Balaban J connectivity index is 2.45. The Labute approximate surface area is 117 Å². The van der Waals surface area contributed by atoms with E-state index in [1.807, 2.05) is 0 Å². The van der Waals surface area contributed by atoms with E-state index in [0.717, 1.165) is 31.0 Å². The third kappa shape index (κ3) is 4.65. The number of rotatable bonds is 7. The van der Waals surface area contributed by atoms with Crippen LogP contribution in [0, 0.1) is 0 Å². The van der Waals surface area contributed by atoms with Crippen LogP contribution in [0.5, 0.6) is 0 Å². The Morgan fingerprint density at radius 1 is 1.26 bits per heavy atom. The van der Waals surface area contributed by atoms with Gasteiger partial charge >= 0.3 is 5.97 Å². The van der Waals surface area contributed by atoms with E-state index in [2.05, 4.69) is 28.8 Å². The van der Waals surface area contributed by atoms with Crippen LogP contribution in [0.15, 0.2) is 12.1 Å². The van der Waals surface area contributed by atoms with Crippen LogP contribution in [0.4, 0.5) is 0 Å². The number of nitrogens with zero attached hydrogens (tertiary/aromatic N) is 1. The molecular weight excluding hydrogens is 264 g/mol. The summed E-state index contributed by atoms with van der Waals surface area (Å²) >= 11 is 1.14. The van der Waals surface area contributed by atoms with Gasteiger partial charge in [-0.05, 0) is 25.2 Å². The van der Waals surface area contributed by atoms with Gasteiger partial charge in [0.15, 0.2) is 0 Å². The molecule has 1 N–H and O–H groups in total. The van der Waals surface area contributed by atoms with E-state index in [1.165, 1.54) is 7.11 Å². The lowest BCUT2D eigenvalue weighted by Gasteiger charge is -2.17. The van der Waals surface area contributed by atoms with Crippen LogP contribution >= 0.6 is 11.3 Å². The minimum Gasteiger partial charge on any atom is -0.465 e. The Morgan fingerprint density at radius 3 is 2.47 bits per heavy atom. The predicted molar refractivity (Wildman–Crippen MR) is 75.8 cm³/mol. The van der Waals surface area contributed by atoms with Gasteiger partial charge in [-0.15, -0.1) is 11.3 Å². The number of thiophene rings is 1. The minimum atomic E-state index is -0.410. The van der Waals surface area contributed by atoms with Gasteiger partial charge in [0.2, 0.25) is 0 Å². The molecule has 19 heavy (non-hydrogen) atoms. The van der Waals surface area contributed by atoms with Crippen LogP contribution in [0.25, 0.3) is 0 Å². The quantitative estimate of drug-likeness (QED) is 0.773. The molecule has 0 radical (unpaired) electrons. The summed E-state index contributed by atoms with van der Waals surface area (Å²) in [5, 5.41) is 2.85. The fourth-order valence-corrected chi connectivity index (χ4v) is 2.47. The summed E-state index contributed by atoms with van der Waals surface area (Å²) in [4.78, 5) is 26.3. The molecule has 1 aromatic rings. The van der Waals surface area contributed by atoms with Crippen LogP contribution in [0.2, 0.25) is 0 Å². The molecule has 0 aliphatic carbocycles. The summed E-state index contributed by atoms with van der Waals surface area (Å²) in [7, 11) is 1.33. The largest absolute Gasteiger partial charge is 0.465 e. The predicted octanol–water partition coefficient (Wildman–Crippen LogP) is 1.61. The molecule has 0 atom stereocenters. The molecule has 0 saturated heterocycles. The van der Waals surface area contributed by atoms with Crippen molar-refractivity contribution in [2.45, 2.75) is 13.8 Å². The van der Waals surface area contributed by atoms with Crippen molar-refractivity contribution in [1.29, 1.82) is 0 Å². The summed E-state index contributed by atoms with van der Waals surface area (Å²) in [5.74, 6) is -0.556. The average molecular weight is 284 g/mol. The van der Waals surface area contributed by atoms with Crippen molar-refractivity contribution in [3.63, 3.8) is 0 Å². The second-order valence-corrected chi connectivity index (χ2v) is 5.02. The maximum Gasteiger partial charge on any atom is 0.348 e. The number of hydrogen-bond donors (Lipinski definition) is 1. The first-order valence-electron chi connectivity index (χ1n) is 6.31. The van der Waals surface area contributed by atoms with Crippen molar-refractivity contribution in [2.24, 2.45) is 0 Å². The highest BCUT2D eigenvalue weighted by atomic mass is 32.1. The van der Waals surface area contributed by atoms with Gasteiger partial charge in [-0.25, -0.2) is 4.79 Å². The van der Waals surface area contributed by atoms with Crippen molar-refractivity contribution in [3.05, 3.63) is 21.9 Å². The highest BCUT2D eigenvalue weighted by molar-refractivity contribution is 7.15. The van der Waals surface area contributed by atoms with Crippen molar-refractivity contribution in [3.8, 4) is 0 Å². The van der Waals surface area contributed by atoms with E-state index >= 15 is 0 Å². The zero-order valence-electron chi connectivity index (χ0n) is 11.6. The van der Waals surface area contributed by atoms with Crippen LogP contribution < -0.4 is 5.32 Å². The van der Waals surface area contributed by atoms with E-state index in [-0.39, 0.29) is 5.91 Å². The fourth-order valence-electron chi connectivity index (χ4n) is 1.62. The molecule has 6 heteroatoms. The third-order valence-corrected chi connectivity index (χ3v) is 3.89. The standard InChI is InChI=1S/C13H20N2O3S/c1-4-15(5-2)9-8-14-12(16)10-6-7-11(19-10)13(17)18-3/h6-7H,4-5,8-9H2,1-3H3,(H,14,16). The van der Waals surface area contributed by atoms with Crippen molar-refractivity contribution in [2.75, 3.05) is 33.3 Å². The second-order valence-electron chi connectivity index (χ2n) is 3.94. The monoisotopic (exact) mass is 284 g/mol. The Kier molecular flexibility index (Phi) is 6.52. The van der Waals surface area contributed by atoms with E-state index in [0.29, 0.717) is 16.3 Å². The van der Waals surface area contributed by atoms with E-state index < -0.39 is 5.97 Å². The molecule has 0 aromatic carbocycles. The summed E-state index contributed by atoms with van der Waals surface area (Å²) in [6.07, 6.45) is 0. The zero-order valence-corrected chi connectivity index (χ0v) is 12.4. The molecule has 106 valence electrons. The first-order valence-corrected chi connectivity index (χ1v) is 7.12. The summed E-state index contributed by atoms with van der Waals surface area (Å²) in [5.41, 5.74) is 0. The SMILES string of the molecule is CCN(CC)CCNC(=O)c1ccc(C(=O)OC)s1. The molecule has 0 saturated carbocycles. The molecule has 0 aliphatic rings. The van der Waals surface area contributed by atoms with Crippen molar-refractivity contribution in [1.82, 2.24) is 10.2 Å². The first-order chi connectivity index (χ1) is 9.12. The van der Waals surface area contributed by atoms with E-state index in [9.17, 15) is 9.59 Å². The van der Waals surface area contributed by atoms with Crippen molar-refractivity contribution >= 4 is 23.2 Å². The Morgan fingerprint density at radius 2 is 1.89 bits per heavy atom. The molecular formula is C13H20N2O3S. The zero-order chi connectivity index (χ0) is 14.3. The summed E-state index contributed by atoms with van der Waals surface area (Å²) in [6, 6.07) is 3.25. The van der Waals surface area contributed by atoms with Crippen LogP contribution in [0.3, 0.4) is 0 Å². The van der Waals surface area contributed by atoms with E-state index in [1.54, 1.807) is 12.1 Å². The smallest absolute Gasteiger partial charge is 0.348 e. The Bertz CT molecular complexity index is 427. The molecule has 0 unspecified atom stereocenters. The highest BCUT2D eigenvalue weighted by Crippen LogP contribution is 2.17. The number of nitrogens with one attached hydrogen (secondary N) is 1. The maximum absolute atomic E-state index is 11.9. The van der Waals surface area contributed by atoms with Gasteiger partial charge < -0.3 is 15.0 Å². The molecule has 1 rings (SSSR count). The van der Waals surface area contributed by atoms with E-state index in [4.69, 9.17) is 0 Å². The topological polar surface area (TPSA) is 58.6 Å². The average Bonchev–Trinajstić information content (AvgIpc) is 2.92. The molecule has 1 aromatic heterocycles. The number of methoxy groups -OCH3 is 1. The lowest BCUT2D eigenvalue weighted by atomic mass is 10.4. The van der Waals surface area contributed by atoms with Gasteiger partial charge in [0.25, 0.3) is 5.91 Å². The molecule has 0 fully saturated rings. The van der Waals surface area contributed by atoms with Crippen LogP contribution in [0.1, 0.15) is 33.2 Å². The van der Waals surface area contributed by atoms with Gasteiger partial charge in [-0.1, -0.05) is 13.8 Å². The van der Waals surface area contributed by atoms with Gasteiger partial charge in [0.1, 0.15) is 4.88 Å². The lowest BCUT2D eigenvalue weighted by molar-refractivity contribution is 0.0606. The Hall–Kier alpha value is -1.40. The summed E-state index contributed by atoms with van der Waals surface area (Å²) < 4.78 is 4.60. The highest BCUT2D eigenvalue weighted by Gasteiger charge is 2.13. The number of carbonyl (C=O) groups excluding carboxylic acids is 2. The second kappa shape index (κ2) is 7.91. The molecule has 1 heterocycles. The number of ether oxygens (including phenoxy) is 1. The van der Waals surface area contributed by atoms with Gasteiger partial charge in [-0.3, -0.25) is 4.79 Å². The van der Waals surface area contributed by atoms with Crippen LogP contribution in [-0.4, -0.2) is 50.1 Å². The third-order valence-electron chi connectivity index (χ3n) is 2.82. The fraction of sp³-hybridized carbons (Fsp3) is 0.538. The maximum atomic E-state index is 11.9. The molecule has 5 nitrogen and oxygen atoms in total. The lowest BCUT2D eigenvalue weighted by Crippen LogP contribution is -2.34. The molecule has 0 bridgehead atoms. The number of esters is 1. The van der Waals surface area contributed by atoms with Gasteiger partial charge in [0.05, 0.1) is 12.0 Å². The molecule has 0 spiro atoms. The van der Waals surface area contributed by atoms with Crippen LogP contribution in [-0.2, 0) is 4.74 Å². The van der Waals surface area contributed by atoms with Gasteiger partial charge in [-0.2, -0.15) is 0 Å². The number of likely N-dealkylation sites (N-methyl/N-ethyl adjacent to an activating group) is 1. The molecule has 0 aliphatic heterocycles. The number of amides is 1. The molecule has 1 amide bonds. The summed E-state index contributed by atoms with van der Waals surface area (Å²) in [6.45, 7) is 7.55. The van der Waals surface area contributed by atoms with Gasteiger partial charge in [0, 0.05) is 13.1 Å². The van der Waals surface area contributed by atoms with Crippen molar-refractivity contribution < 1.29 is 14.3 Å². The first kappa shape index (κ1) is 15.7.